The average Bonchev–Trinajstić information content (AvgIpc) is 1.50. The van der Waals surface area contributed by atoms with E-state index < -0.39 is 0 Å². The molecule has 0 atom stereocenters. The molecular formula is Cl2LiY. The van der Waals surface area contributed by atoms with Crippen molar-refractivity contribution < 1.29 is 29.6 Å². The molecule has 0 saturated heterocycles. The van der Waals surface area contributed by atoms with E-state index in [1.54, 1.807) is 0 Å². The summed E-state index contributed by atoms with van der Waals surface area (Å²) in [6.07, 6.45) is 0. The molecular weight excluding hydrogens is 167 g/mol. The second-order valence-corrected chi connectivity index (χ2v) is 0. The monoisotopic (exact) mass is 166 g/mol. The third-order valence-corrected chi connectivity index (χ3v) is 0. The summed E-state index contributed by atoms with van der Waals surface area (Å²) in [4.78, 5) is 0. The zero-order chi connectivity index (χ0) is 4.00. The third kappa shape index (κ3) is 8.86. The maximum absolute atomic E-state index is 4.77. The predicted octanol–water partition coefficient (Wildman–Crippen LogP) is 0.996. The van der Waals surface area contributed by atoms with Crippen molar-refractivity contribution >= 4 is 33.9 Å². The Morgan fingerprint density at radius 2 is 1.25 bits per heavy atom. The summed E-state index contributed by atoms with van der Waals surface area (Å²) < 4.78 is 0. The van der Waals surface area contributed by atoms with Crippen molar-refractivity contribution in [2.45, 2.75) is 0 Å². The number of hydrogen-bond acceptors (Lipinski definition) is 0. The molecule has 0 aromatic heterocycles. The van der Waals surface area contributed by atoms with Gasteiger partial charge in [0.05, 0.1) is 0 Å². The molecule has 0 radical (unpaired) electrons. The number of hydrogen-bond donors (Lipinski definition) is 0. The number of rotatable bonds is 0. The molecule has 0 bridgehead atoms. The summed E-state index contributed by atoms with van der Waals surface area (Å²) in [5.41, 5.74) is 0. The topological polar surface area (TPSA) is 0 Å². The molecule has 4 heteroatoms. The van der Waals surface area contributed by atoms with Crippen LogP contribution in [0.1, 0.15) is 0 Å². The van der Waals surface area contributed by atoms with Gasteiger partial charge in [0.1, 0.15) is 0 Å². The SMILES string of the molecule is [Cl][Y].[Li][Cl]. The second kappa shape index (κ2) is 18.6. The van der Waals surface area contributed by atoms with Crippen LogP contribution in [0.5, 0.6) is 0 Å². The van der Waals surface area contributed by atoms with Gasteiger partial charge in [-0.2, -0.15) is 0 Å². The first-order valence-electron chi connectivity index (χ1n) is 0.596. The van der Waals surface area contributed by atoms with Crippen LogP contribution in [0.4, 0.5) is 0 Å². The van der Waals surface area contributed by atoms with E-state index in [9.17, 15) is 0 Å². The van der Waals surface area contributed by atoms with Crippen LogP contribution in [-0.2, 0) is 29.6 Å². The first kappa shape index (κ1) is 9.56. The van der Waals surface area contributed by atoms with Crippen molar-refractivity contribution in [3.63, 3.8) is 0 Å². The predicted molar refractivity (Wildman–Crippen MR) is 17.5 cm³/mol. The first-order valence-corrected chi connectivity index (χ1v) is 5.01. The fraction of sp³-hybridized carbons (Fsp3) is 0. The van der Waals surface area contributed by atoms with E-state index in [2.05, 4.69) is 9.80 Å². The Balaban J connectivity index is 0. The van der Waals surface area contributed by atoms with Gasteiger partial charge in [0.25, 0.3) is 0 Å². The van der Waals surface area contributed by atoms with Gasteiger partial charge in [0.2, 0.25) is 0 Å². The Hall–Kier alpha value is 2.28. The van der Waals surface area contributed by atoms with Gasteiger partial charge >= 0.3 is 63.5 Å². The van der Waals surface area contributed by atoms with Gasteiger partial charge in [0.15, 0.2) is 0 Å². The van der Waals surface area contributed by atoms with Crippen LogP contribution in [0, 0.1) is 0 Å². The average molecular weight is 167 g/mol. The molecule has 4 heavy (non-hydrogen) atoms. The van der Waals surface area contributed by atoms with Crippen LogP contribution < -0.4 is 0 Å². The zero-order valence-electron chi connectivity index (χ0n) is 2.33. The van der Waals surface area contributed by atoms with Gasteiger partial charge in [-0.15, -0.1) is 0 Å². The standard InChI is InChI=1S/2ClH.Li.Y/h2*1H;;/q;;2*+1/p-2. The molecule has 0 unspecified atom stereocenters. The van der Waals surface area contributed by atoms with E-state index in [4.69, 9.17) is 7.33 Å². The van der Waals surface area contributed by atoms with Crippen LogP contribution in [0.15, 0.2) is 0 Å². The Morgan fingerprint density at radius 1 is 1.25 bits per heavy atom. The van der Waals surface area contributed by atoms with Crippen molar-refractivity contribution in [2.75, 3.05) is 0 Å². The van der Waals surface area contributed by atoms with E-state index in [1.165, 1.54) is 16.7 Å². The van der Waals surface area contributed by atoms with Crippen molar-refractivity contribution in [1.82, 2.24) is 0 Å². The van der Waals surface area contributed by atoms with Crippen LogP contribution in [-0.4, -0.2) is 16.7 Å². The van der Waals surface area contributed by atoms with Gasteiger partial charge in [0, 0.05) is 0 Å². The molecule has 0 fully saturated rings. The summed E-state index contributed by atoms with van der Waals surface area (Å²) in [5, 5.41) is 0. The van der Waals surface area contributed by atoms with E-state index in [0.29, 0.717) is 0 Å². The van der Waals surface area contributed by atoms with Crippen LogP contribution in [0.3, 0.4) is 0 Å². The van der Waals surface area contributed by atoms with Gasteiger partial charge < -0.3 is 0 Å². The summed E-state index contributed by atoms with van der Waals surface area (Å²) >= 11 is 2.29. The zero-order valence-corrected chi connectivity index (χ0v) is 6.68. The molecule has 0 amide bonds. The molecule has 0 aromatic rings. The molecule has 0 aliphatic heterocycles. The molecule has 0 nitrogen and oxygen atoms in total. The fourth-order valence-electron chi connectivity index (χ4n) is 0. The summed E-state index contributed by atoms with van der Waals surface area (Å²) in [6, 6.07) is 0. The molecule has 0 rings (SSSR count). The van der Waals surface area contributed by atoms with Crippen LogP contribution >= 0.6 is 17.1 Å². The molecule has 0 saturated carbocycles. The molecule has 0 aliphatic carbocycles. The van der Waals surface area contributed by atoms with Crippen molar-refractivity contribution in [1.29, 1.82) is 0 Å². The van der Waals surface area contributed by atoms with Crippen LogP contribution in [0.25, 0.3) is 0 Å². The fourth-order valence-corrected chi connectivity index (χ4v) is 0. The van der Waals surface area contributed by atoms with Gasteiger partial charge in [-0.3, -0.25) is 0 Å². The third-order valence-electron chi connectivity index (χ3n) is 0. The quantitative estimate of drug-likeness (QED) is 0.471. The summed E-state index contributed by atoms with van der Waals surface area (Å²) in [5.74, 6) is 0. The summed E-state index contributed by atoms with van der Waals surface area (Å²) in [6.45, 7) is 0. The second-order valence-electron chi connectivity index (χ2n) is 0. The molecule has 0 aromatic carbocycles. The molecule has 0 heterocycles. The van der Waals surface area contributed by atoms with E-state index >= 15 is 0 Å². The van der Waals surface area contributed by atoms with E-state index in [1.807, 2.05) is 0 Å². The van der Waals surface area contributed by atoms with E-state index in [-0.39, 0.29) is 0 Å². The van der Waals surface area contributed by atoms with Crippen LogP contribution in [0.2, 0.25) is 0 Å². The molecule has 18 valence electrons. The van der Waals surface area contributed by atoms with Gasteiger partial charge in [-0.25, -0.2) is 0 Å². The first-order chi connectivity index (χ1) is 2.00. The maximum atomic E-state index is 4.77. The Labute approximate surface area is 62.4 Å². The molecule has 0 spiro atoms. The minimum absolute atomic E-state index is 0.822. The Bertz CT molecular complexity index is 6.00. The Kier molecular flexibility index (Phi) is 44.4. The molecule has 0 N–H and O–H groups in total. The minimum atomic E-state index is 0.822. The van der Waals surface area contributed by atoms with Crippen molar-refractivity contribution in [3.8, 4) is 0 Å². The van der Waals surface area contributed by atoms with E-state index in [0.717, 1.165) is 29.6 Å². The molecule has 0 aliphatic rings. The Morgan fingerprint density at radius 3 is 1.25 bits per heavy atom. The van der Waals surface area contributed by atoms with Crippen molar-refractivity contribution in [3.05, 3.63) is 0 Å². The normalized spacial score (nSPS) is 2.75. The van der Waals surface area contributed by atoms with Crippen molar-refractivity contribution in [2.24, 2.45) is 0 Å². The summed E-state index contributed by atoms with van der Waals surface area (Å²) in [7, 11) is 9.41. The van der Waals surface area contributed by atoms with Gasteiger partial charge in [-0.05, 0) is 0 Å². The van der Waals surface area contributed by atoms with Gasteiger partial charge in [-0.1, -0.05) is 0 Å². The number of halogens is 2.